The number of methoxy groups -OCH3 is 1. The van der Waals surface area contributed by atoms with E-state index in [4.69, 9.17) is 21.1 Å². The number of rotatable bonds is 8. The summed E-state index contributed by atoms with van der Waals surface area (Å²) in [6, 6.07) is 4.71. The second-order valence-electron chi connectivity index (χ2n) is 6.40. The summed E-state index contributed by atoms with van der Waals surface area (Å²) < 4.78 is 38.8. The van der Waals surface area contributed by atoms with Gasteiger partial charge in [-0.25, -0.2) is 8.42 Å². The third-order valence-electron chi connectivity index (χ3n) is 4.23. The van der Waals surface area contributed by atoms with Gasteiger partial charge in [-0.1, -0.05) is 11.6 Å². The molecule has 0 saturated carbocycles. The highest BCUT2D eigenvalue weighted by atomic mass is 35.5. The summed E-state index contributed by atoms with van der Waals surface area (Å²) in [5.41, 5.74) is 0. The fourth-order valence-corrected chi connectivity index (χ4v) is 5.04. The minimum atomic E-state index is -3.67. The molecule has 1 aliphatic rings. The number of nitrogens with one attached hydrogen (secondary N) is 1. The van der Waals surface area contributed by atoms with Gasteiger partial charge in [0.1, 0.15) is 16.7 Å². The lowest BCUT2D eigenvalue weighted by Gasteiger charge is -2.32. The van der Waals surface area contributed by atoms with Crippen molar-refractivity contribution < 1.29 is 17.9 Å². The maximum atomic E-state index is 13.2. The molecule has 1 heterocycles. The van der Waals surface area contributed by atoms with Gasteiger partial charge in [-0.05, 0) is 57.5 Å². The Bertz CT molecular complexity index is 667. The molecule has 0 bridgehead atoms. The summed E-state index contributed by atoms with van der Waals surface area (Å²) in [5, 5.41) is 3.50. The van der Waals surface area contributed by atoms with E-state index >= 15 is 0 Å². The lowest BCUT2D eigenvalue weighted by Crippen LogP contribution is -2.42. The van der Waals surface area contributed by atoms with E-state index < -0.39 is 10.0 Å². The number of ether oxygens (including phenoxy) is 2. The second-order valence-corrected chi connectivity index (χ2v) is 8.75. The molecule has 142 valence electrons. The quantitative estimate of drug-likeness (QED) is 0.738. The van der Waals surface area contributed by atoms with Gasteiger partial charge >= 0.3 is 0 Å². The van der Waals surface area contributed by atoms with Crippen molar-refractivity contribution >= 4 is 21.6 Å². The van der Waals surface area contributed by atoms with Crippen LogP contribution in [0.2, 0.25) is 5.02 Å². The molecule has 1 aliphatic heterocycles. The summed E-state index contributed by atoms with van der Waals surface area (Å²) >= 11 is 6.06. The zero-order valence-electron chi connectivity index (χ0n) is 15.0. The van der Waals surface area contributed by atoms with Crippen LogP contribution in [-0.4, -0.2) is 59.2 Å². The van der Waals surface area contributed by atoms with E-state index in [-0.39, 0.29) is 11.0 Å². The number of nitrogens with zero attached hydrogens (tertiary/aromatic N) is 1. The highest BCUT2D eigenvalue weighted by Gasteiger charge is 2.32. The lowest BCUT2D eigenvalue weighted by atomic mass is 10.00. The molecule has 0 aromatic heterocycles. The summed E-state index contributed by atoms with van der Waals surface area (Å²) in [7, 11) is -0.211. The topological polar surface area (TPSA) is 67.9 Å². The van der Waals surface area contributed by atoms with Gasteiger partial charge in [0.25, 0.3) is 0 Å². The molecule has 25 heavy (non-hydrogen) atoms. The van der Waals surface area contributed by atoms with Crippen LogP contribution < -0.4 is 10.1 Å². The van der Waals surface area contributed by atoms with Crippen LogP contribution in [0.5, 0.6) is 5.75 Å². The fourth-order valence-electron chi connectivity index (χ4n) is 3.11. The van der Waals surface area contributed by atoms with Crippen molar-refractivity contribution in [1.82, 2.24) is 9.62 Å². The van der Waals surface area contributed by atoms with Crippen LogP contribution in [0.25, 0.3) is 0 Å². The molecule has 0 radical (unpaired) electrons. The average Bonchev–Trinajstić information content (AvgIpc) is 2.57. The Kier molecular flexibility index (Phi) is 7.51. The van der Waals surface area contributed by atoms with Crippen molar-refractivity contribution in [3.8, 4) is 5.75 Å². The SMILES string of the molecule is CNCC1CCCN(S(=O)(=O)c2cc(Cl)ccc2OC(C)COC)C1. The zero-order chi connectivity index (χ0) is 18.4. The Hall–Kier alpha value is -0.860. The average molecular weight is 391 g/mol. The van der Waals surface area contributed by atoms with Crippen LogP contribution in [0.15, 0.2) is 23.1 Å². The number of piperidine rings is 1. The molecule has 1 N–H and O–H groups in total. The molecular weight excluding hydrogens is 364 g/mol. The molecule has 2 rings (SSSR count). The third kappa shape index (κ3) is 5.31. The first-order valence-corrected chi connectivity index (χ1v) is 10.3. The van der Waals surface area contributed by atoms with E-state index in [1.54, 1.807) is 19.2 Å². The van der Waals surface area contributed by atoms with Crippen LogP contribution in [0.1, 0.15) is 19.8 Å². The fraction of sp³-hybridized carbons (Fsp3) is 0.647. The number of sulfonamides is 1. The monoisotopic (exact) mass is 390 g/mol. The van der Waals surface area contributed by atoms with Crippen molar-refractivity contribution in [1.29, 1.82) is 0 Å². The summed E-state index contributed by atoms with van der Waals surface area (Å²) in [6.45, 7) is 4.02. The number of hydrogen-bond donors (Lipinski definition) is 1. The molecule has 1 saturated heterocycles. The Balaban J connectivity index is 2.29. The van der Waals surface area contributed by atoms with Crippen LogP contribution in [-0.2, 0) is 14.8 Å². The number of benzene rings is 1. The van der Waals surface area contributed by atoms with Crippen molar-refractivity contribution in [2.24, 2.45) is 5.92 Å². The highest BCUT2D eigenvalue weighted by molar-refractivity contribution is 7.89. The Morgan fingerprint density at radius 2 is 2.20 bits per heavy atom. The van der Waals surface area contributed by atoms with Crippen molar-refractivity contribution in [2.45, 2.75) is 30.8 Å². The molecule has 2 unspecified atom stereocenters. The molecule has 1 aromatic carbocycles. The van der Waals surface area contributed by atoms with Crippen LogP contribution in [0.3, 0.4) is 0 Å². The van der Waals surface area contributed by atoms with Crippen molar-refractivity contribution in [3.05, 3.63) is 23.2 Å². The minimum absolute atomic E-state index is 0.119. The molecular formula is C17H27ClN2O4S. The lowest BCUT2D eigenvalue weighted by molar-refractivity contribution is 0.0899. The first-order chi connectivity index (χ1) is 11.9. The summed E-state index contributed by atoms with van der Waals surface area (Å²) in [4.78, 5) is 0.119. The van der Waals surface area contributed by atoms with Gasteiger partial charge in [-0.3, -0.25) is 0 Å². The molecule has 0 aliphatic carbocycles. The van der Waals surface area contributed by atoms with Gasteiger partial charge in [0.05, 0.1) is 6.61 Å². The van der Waals surface area contributed by atoms with Crippen LogP contribution >= 0.6 is 11.6 Å². The largest absolute Gasteiger partial charge is 0.487 e. The first kappa shape index (κ1) is 20.5. The summed E-state index contributed by atoms with van der Waals surface area (Å²) in [6.07, 6.45) is 1.61. The second kappa shape index (κ2) is 9.19. The summed E-state index contributed by atoms with van der Waals surface area (Å²) in [5.74, 6) is 0.620. The molecule has 1 aromatic rings. The van der Waals surface area contributed by atoms with Crippen molar-refractivity contribution in [3.63, 3.8) is 0 Å². The predicted octanol–water partition coefficient (Wildman–Crippen LogP) is 2.37. The van der Waals surface area contributed by atoms with Crippen LogP contribution in [0.4, 0.5) is 0 Å². The molecule has 2 atom stereocenters. The molecule has 8 heteroatoms. The van der Waals surface area contributed by atoms with E-state index in [9.17, 15) is 8.42 Å². The maximum absolute atomic E-state index is 13.2. The first-order valence-electron chi connectivity index (χ1n) is 8.48. The van der Waals surface area contributed by atoms with E-state index in [1.807, 2.05) is 14.0 Å². The Morgan fingerprint density at radius 3 is 2.88 bits per heavy atom. The van der Waals surface area contributed by atoms with Crippen molar-refractivity contribution in [2.75, 3.05) is 40.4 Å². The van der Waals surface area contributed by atoms with Gasteiger partial charge in [0.15, 0.2) is 0 Å². The Labute approximate surface area is 155 Å². The van der Waals surface area contributed by atoms with Gasteiger partial charge < -0.3 is 14.8 Å². The smallest absolute Gasteiger partial charge is 0.246 e. The zero-order valence-corrected chi connectivity index (χ0v) is 16.6. The molecule has 0 spiro atoms. The van der Waals surface area contributed by atoms with Gasteiger partial charge in [0, 0.05) is 25.2 Å². The molecule has 0 amide bonds. The molecule has 1 fully saturated rings. The van der Waals surface area contributed by atoms with Gasteiger partial charge in [-0.2, -0.15) is 4.31 Å². The number of halogens is 1. The third-order valence-corrected chi connectivity index (χ3v) is 6.35. The van der Waals surface area contributed by atoms with E-state index in [0.717, 1.165) is 19.4 Å². The molecule has 6 nitrogen and oxygen atoms in total. The van der Waals surface area contributed by atoms with Crippen LogP contribution in [0, 0.1) is 5.92 Å². The van der Waals surface area contributed by atoms with Gasteiger partial charge in [0.2, 0.25) is 10.0 Å². The van der Waals surface area contributed by atoms with Gasteiger partial charge in [-0.15, -0.1) is 0 Å². The standard InChI is InChI=1S/C17H27ClN2O4S/c1-13(12-23-3)24-16-7-6-15(18)9-17(16)25(21,22)20-8-4-5-14(11-20)10-19-2/h6-7,9,13-14,19H,4-5,8,10-12H2,1-3H3. The van der Waals surface area contributed by atoms with E-state index in [1.165, 1.54) is 10.4 Å². The van der Waals surface area contributed by atoms with E-state index in [2.05, 4.69) is 5.32 Å². The maximum Gasteiger partial charge on any atom is 0.246 e. The minimum Gasteiger partial charge on any atom is -0.487 e. The Morgan fingerprint density at radius 1 is 1.44 bits per heavy atom. The normalized spacial score (nSPS) is 20.4. The number of hydrogen-bond acceptors (Lipinski definition) is 5. The highest BCUT2D eigenvalue weighted by Crippen LogP contribution is 2.32. The predicted molar refractivity (Wildman–Crippen MR) is 98.8 cm³/mol. The van der Waals surface area contributed by atoms with E-state index in [0.29, 0.717) is 36.4 Å².